The molecule has 0 radical (unpaired) electrons. The second-order valence-electron chi connectivity index (χ2n) is 3.05. The summed E-state index contributed by atoms with van der Waals surface area (Å²) in [6.07, 6.45) is 0.337. The molecule has 0 aromatic rings. The van der Waals surface area contributed by atoms with Crippen molar-refractivity contribution in [3.8, 4) is 0 Å². The molecular weight excluding hydrogens is 142 g/mol. The molecule has 1 saturated heterocycles. The van der Waals surface area contributed by atoms with E-state index in [2.05, 4.69) is 12.2 Å². The SMILES string of the molecule is COCC(C)C1CNCCO1. The van der Waals surface area contributed by atoms with E-state index < -0.39 is 0 Å². The van der Waals surface area contributed by atoms with E-state index in [0.29, 0.717) is 12.0 Å². The topological polar surface area (TPSA) is 30.5 Å². The number of morpholine rings is 1. The Hall–Kier alpha value is -0.120. The first kappa shape index (κ1) is 8.97. The van der Waals surface area contributed by atoms with Gasteiger partial charge in [0.25, 0.3) is 0 Å². The smallest absolute Gasteiger partial charge is 0.0747 e. The van der Waals surface area contributed by atoms with Crippen molar-refractivity contribution < 1.29 is 9.47 Å². The van der Waals surface area contributed by atoms with Crippen molar-refractivity contribution >= 4 is 0 Å². The fourth-order valence-electron chi connectivity index (χ4n) is 1.32. The minimum atomic E-state index is 0.337. The van der Waals surface area contributed by atoms with Gasteiger partial charge in [0.2, 0.25) is 0 Å². The van der Waals surface area contributed by atoms with Crippen LogP contribution in [0.5, 0.6) is 0 Å². The third kappa shape index (κ3) is 2.77. The molecule has 0 amide bonds. The van der Waals surface area contributed by atoms with Crippen LogP contribution in [0.25, 0.3) is 0 Å². The first-order valence-electron chi connectivity index (χ1n) is 4.16. The van der Waals surface area contributed by atoms with Gasteiger partial charge in [-0.25, -0.2) is 0 Å². The molecule has 2 unspecified atom stereocenters. The summed E-state index contributed by atoms with van der Waals surface area (Å²) in [4.78, 5) is 0. The Kier molecular flexibility index (Phi) is 3.83. The van der Waals surface area contributed by atoms with Crippen molar-refractivity contribution in [2.24, 2.45) is 5.92 Å². The first-order chi connectivity index (χ1) is 5.34. The van der Waals surface area contributed by atoms with E-state index in [-0.39, 0.29) is 0 Å². The number of hydrogen-bond donors (Lipinski definition) is 1. The largest absolute Gasteiger partial charge is 0.384 e. The fourth-order valence-corrected chi connectivity index (χ4v) is 1.32. The summed E-state index contributed by atoms with van der Waals surface area (Å²) in [5.41, 5.74) is 0. The van der Waals surface area contributed by atoms with Crippen molar-refractivity contribution in [2.75, 3.05) is 33.4 Å². The van der Waals surface area contributed by atoms with Crippen molar-refractivity contribution in [2.45, 2.75) is 13.0 Å². The molecule has 0 aromatic carbocycles. The summed E-state index contributed by atoms with van der Waals surface area (Å²) in [7, 11) is 1.73. The van der Waals surface area contributed by atoms with Crippen molar-refractivity contribution in [1.29, 1.82) is 0 Å². The molecule has 1 aliphatic heterocycles. The zero-order chi connectivity index (χ0) is 8.10. The van der Waals surface area contributed by atoms with Crippen LogP contribution in [-0.2, 0) is 9.47 Å². The van der Waals surface area contributed by atoms with Gasteiger partial charge >= 0.3 is 0 Å². The maximum absolute atomic E-state index is 5.55. The second kappa shape index (κ2) is 4.70. The van der Waals surface area contributed by atoms with E-state index >= 15 is 0 Å². The van der Waals surface area contributed by atoms with Crippen LogP contribution in [0.4, 0.5) is 0 Å². The Morgan fingerprint density at radius 2 is 2.55 bits per heavy atom. The standard InChI is InChI=1S/C8H17NO2/c1-7(6-10-2)8-5-9-3-4-11-8/h7-9H,3-6H2,1-2H3. The molecule has 1 fully saturated rings. The van der Waals surface area contributed by atoms with Gasteiger partial charge in [0.15, 0.2) is 0 Å². The van der Waals surface area contributed by atoms with Crippen molar-refractivity contribution in [3.05, 3.63) is 0 Å². The number of ether oxygens (including phenoxy) is 2. The van der Waals surface area contributed by atoms with Gasteiger partial charge in [-0.1, -0.05) is 6.92 Å². The Morgan fingerprint density at radius 1 is 1.73 bits per heavy atom. The van der Waals surface area contributed by atoms with Crippen molar-refractivity contribution in [1.82, 2.24) is 5.32 Å². The van der Waals surface area contributed by atoms with E-state index in [0.717, 1.165) is 26.3 Å². The van der Waals surface area contributed by atoms with Crippen LogP contribution in [0.2, 0.25) is 0 Å². The molecule has 3 nitrogen and oxygen atoms in total. The molecule has 0 spiro atoms. The molecule has 1 aliphatic rings. The Balaban J connectivity index is 2.21. The zero-order valence-electron chi connectivity index (χ0n) is 7.30. The number of methoxy groups -OCH3 is 1. The van der Waals surface area contributed by atoms with Crippen molar-refractivity contribution in [3.63, 3.8) is 0 Å². The monoisotopic (exact) mass is 159 g/mol. The number of hydrogen-bond acceptors (Lipinski definition) is 3. The summed E-state index contributed by atoms with van der Waals surface area (Å²) < 4.78 is 10.6. The molecule has 0 bridgehead atoms. The number of nitrogens with one attached hydrogen (secondary N) is 1. The highest BCUT2D eigenvalue weighted by molar-refractivity contribution is 4.72. The predicted molar refractivity (Wildman–Crippen MR) is 43.6 cm³/mol. The summed E-state index contributed by atoms with van der Waals surface area (Å²) in [5.74, 6) is 0.493. The highest BCUT2D eigenvalue weighted by Crippen LogP contribution is 2.08. The molecule has 2 atom stereocenters. The normalized spacial score (nSPS) is 28.4. The van der Waals surface area contributed by atoms with E-state index in [1.54, 1.807) is 7.11 Å². The van der Waals surface area contributed by atoms with Gasteiger partial charge in [-0.2, -0.15) is 0 Å². The Morgan fingerprint density at radius 3 is 3.09 bits per heavy atom. The van der Waals surface area contributed by atoms with Gasteiger partial charge in [0, 0.05) is 26.1 Å². The highest BCUT2D eigenvalue weighted by atomic mass is 16.5. The number of rotatable bonds is 3. The van der Waals surface area contributed by atoms with Crippen LogP contribution >= 0.6 is 0 Å². The Bertz CT molecular complexity index is 102. The molecule has 0 saturated carbocycles. The summed E-state index contributed by atoms with van der Waals surface area (Å²) in [6, 6.07) is 0. The highest BCUT2D eigenvalue weighted by Gasteiger charge is 2.19. The Labute approximate surface area is 68.1 Å². The molecule has 66 valence electrons. The maximum Gasteiger partial charge on any atom is 0.0747 e. The molecule has 1 rings (SSSR count). The molecule has 3 heteroatoms. The maximum atomic E-state index is 5.55. The van der Waals surface area contributed by atoms with Crippen LogP contribution in [-0.4, -0.2) is 39.5 Å². The predicted octanol–water partition coefficient (Wildman–Crippen LogP) is 0.257. The molecule has 0 aromatic heterocycles. The lowest BCUT2D eigenvalue weighted by Gasteiger charge is -2.28. The molecule has 11 heavy (non-hydrogen) atoms. The quantitative estimate of drug-likeness (QED) is 0.640. The second-order valence-corrected chi connectivity index (χ2v) is 3.05. The summed E-state index contributed by atoms with van der Waals surface area (Å²) in [6.45, 7) is 5.72. The van der Waals surface area contributed by atoms with Gasteiger partial charge in [-0.15, -0.1) is 0 Å². The van der Waals surface area contributed by atoms with Gasteiger partial charge in [0.05, 0.1) is 19.3 Å². The summed E-state index contributed by atoms with van der Waals surface area (Å²) in [5, 5.41) is 3.29. The minimum absolute atomic E-state index is 0.337. The average Bonchev–Trinajstić information content (AvgIpc) is 2.07. The first-order valence-corrected chi connectivity index (χ1v) is 4.16. The zero-order valence-corrected chi connectivity index (χ0v) is 7.30. The molecular formula is C8H17NO2. The van der Waals surface area contributed by atoms with Crippen LogP contribution in [0, 0.1) is 5.92 Å². The van der Waals surface area contributed by atoms with Gasteiger partial charge in [-0.05, 0) is 0 Å². The van der Waals surface area contributed by atoms with Crippen LogP contribution in [0.3, 0.4) is 0 Å². The third-order valence-electron chi connectivity index (χ3n) is 2.02. The minimum Gasteiger partial charge on any atom is -0.384 e. The molecule has 1 heterocycles. The van der Waals surface area contributed by atoms with Gasteiger partial charge < -0.3 is 14.8 Å². The lowest BCUT2D eigenvalue weighted by atomic mass is 10.1. The lowest BCUT2D eigenvalue weighted by Crippen LogP contribution is -2.43. The van der Waals surface area contributed by atoms with E-state index in [4.69, 9.17) is 9.47 Å². The third-order valence-corrected chi connectivity index (χ3v) is 2.02. The van der Waals surface area contributed by atoms with Crippen LogP contribution in [0.15, 0.2) is 0 Å². The fraction of sp³-hybridized carbons (Fsp3) is 1.00. The van der Waals surface area contributed by atoms with E-state index in [1.807, 2.05) is 0 Å². The van der Waals surface area contributed by atoms with Crippen LogP contribution in [0.1, 0.15) is 6.92 Å². The molecule has 1 N–H and O–H groups in total. The van der Waals surface area contributed by atoms with Crippen LogP contribution < -0.4 is 5.32 Å². The molecule has 0 aliphatic carbocycles. The van der Waals surface area contributed by atoms with Gasteiger partial charge in [-0.3, -0.25) is 0 Å². The lowest BCUT2D eigenvalue weighted by molar-refractivity contribution is -0.0250. The summed E-state index contributed by atoms with van der Waals surface area (Å²) >= 11 is 0. The average molecular weight is 159 g/mol. The van der Waals surface area contributed by atoms with E-state index in [9.17, 15) is 0 Å². The van der Waals surface area contributed by atoms with E-state index in [1.165, 1.54) is 0 Å². The van der Waals surface area contributed by atoms with Gasteiger partial charge in [0.1, 0.15) is 0 Å².